The molecule has 0 spiro atoms. The Morgan fingerprint density at radius 1 is 1.15 bits per heavy atom. The lowest BCUT2D eigenvalue weighted by Crippen LogP contribution is -2.43. The normalized spacial score (nSPS) is 19.8. The van der Waals surface area contributed by atoms with E-state index in [0.717, 1.165) is 36.8 Å². The zero-order valence-corrected chi connectivity index (χ0v) is 22.9. The van der Waals surface area contributed by atoms with Crippen molar-refractivity contribution in [2.24, 2.45) is 0 Å². The minimum absolute atomic E-state index is 0.0878. The molecular formula is C30H32ClN5O4. The molecular weight excluding hydrogens is 530 g/mol. The van der Waals surface area contributed by atoms with Crippen LogP contribution in [-0.2, 0) is 15.1 Å². The van der Waals surface area contributed by atoms with E-state index in [1.807, 2.05) is 42.5 Å². The molecule has 0 bridgehead atoms. The van der Waals surface area contributed by atoms with Gasteiger partial charge in [-0.25, -0.2) is 9.97 Å². The molecule has 2 aliphatic heterocycles. The number of halogens is 1. The zero-order valence-electron chi connectivity index (χ0n) is 22.1. The summed E-state index contributed by atoms with van der Waals surface area (Å²) in [5.74, 6) is 0.0103. The van der Waals surface area contributed by atoms with Gasteiger partial charge in [-0.15, -0.1) is 0 Å². The zero-order chi connectivity index (χ0) is 27.7. The third kappa shape index (κ3) is 5.29. The predicted molar refractivity (Wildman–Crippen MR) is 151 cm³/mol. The van der Waals surface area contributed by atoms with Gasteiger partial charge in [0, 0.05) is 37.0 Å². The first-order chi connectivity index (χ1) is 19.5. The van der Waals surface area contributed by atoms with Gasteiger partial charge in [0.1, 0.15) is 6.54 Å². The van der Waals surface area contributed by atoms with Crippen LogP contribution >= 0.6 is 11.6 Å². The lowest BCUT2D eigenvalue weighted by molar-refractivity contribution is -0.123. The Kier molecular flexibility index (Phi) is 7.44. The molecule has 9 nitrogen and oxygen atoms in total. The number of nitrogens with zero attached hydrogens (tertiary/aromatic N) is 3. The van der Waals surface area contributed by atoms with Gasteiger partial charge in [-0.3, -0.25) is 9.59 Å². The number of aliphatic hydroxyl groups excluding tert-OH is 1. The molecule has 6 rings (SSSR count). The second-order valence-corrected chi connectivity index (χ2v) is 11.1. The molecule has 3 heterocycles. The quantitative estimate of drug-likeness (QED) is 0.360. The van der Waals surface area contributed by atoms with E-state index in [1.54, 1.807) is 17.2 Å². The number of carbonyl (C=O) groups is 2. The maximum Gasteiger partial charge on any atom is 0.255 e. The average molecular weight is 562 g/mol. The molecule has 0 radical (unpaired) electrons. The summed E-state index contributed by atoms with van der Waals surface area (Å²) in [7, 11) is 0. The average Bonchev–Trinajstić information content (AvgIpc) is 3.72. The summed E-state index contributed by atoms with van der Waals surface area (Å²) in [6, 6.07) is 15.3. The third-order valence-electron chi connectivity index (χ3n) is 8.02. The van der Waals surface area contributed by atoms with E-state index in [4.69, 9.17) is 16.3 Å². The van der Waals surface area contributed by atoms with Gasteiger partial charge in [0.05, 0.1) is 28.5 Å². The molecule has 1 aromatic heterocycles. The highest BCUT2D eigenvalue weighted by Crippen LogP contribution is 2.45. The van der Waals surface area contributed by atoms with E-state index < -0.39 is 6.04 Å². The van der Waals surface area contributed by atoms with Crippen molar-refractivity contribution < 1.29 is 19.4 Å². The maximum absolute atomic E-state index is 13.6. The lowest BCUT2D eigenvalue weighted by atomic mass is 9.99. The number of nitrogens with one attached hydrogen (secondary N) is 2. The van der Waals surface area contributed by atoms with Crippen LogP contribution in [0, 0.1) is 0 Å². The van der Waals surface area contributed by atoms with E-state index in [-0.39, 0.29) is 36.5 Å². The summed E-state index contributed by atoms with van der Waals surface area (Å²) in [4.78, 5) is 37.4. The van der Waals surface area contributed by atoms with Gasteiger partial charge in [-0.2, -0.15) is 0 Å². The van der Waals surface area contributed by atoms with Crippen LogP contribution in [0.1, 0.15) is 59.6 Å². The molecule has 2 amide bonds. The summed E-state index contributed by atoms with van der Waals surface area (Å²) in [5, 5.41) is 16.7. The largest absolute Gasteiger partial charge is 0.396 e. The van der Waals surface area contributed by atoms with Crippen LogP contribution in [0.3, 0.4) is 0 Å². The highest BCUT2D eigenvalue weighted by atomic mass is 35.5. The van der Waals surface area contributed by atoms with Crippen molar-refractivity contribution in [3.8, 4) is 11.3 Å². The first-order valence-corrected chi connectivity index (χ1v) is 14.1. The number of hydrogen-bond donors (Lipinski definition) is 3. The number of rotatable bonds is 9. The van der Waals surface area contributed by atoms with Gasteiger partial charge in [0.2, 0.25) is 11.9 Å². The van der Waals surface area contributed by atoms with Gasteiger partial charge in [0.15, 0.2) is 0 Å². The van der Waals surface area contributed by atoms with Crippen molar-refractivity contribution in [2.45, 2.75) is 49.7 Å². The van der Waals surface area contributed by atoms with Gasteiger partial charge < -0.3 is 25.4 Å². The van der Waals surface area contributed by atoms with Crippen LogP contribution in [0.2, 0.25) is 5.02 Å². The van der Waals surface area contributed by atoms with Crippen molar-refractivity contribution in [3.63, 3.8) is 0 Å². The minimum Gasteiger partial charge on any atom is -0.396 e. The van der Waals surface area contributed by atoms with Crippen LogP contribution in [0.25, 0.3) is 11.3 Å². The van der Waals surface area contributed by atoms with Gasteiger partial charge in [-0.1, -0.05) is 54.1 Å². The van der Waals surface area contributed by atoms with Gasteiger partial charge in [-0.05, 0) is 49.3 Å². The fourth-order valence-electron chi connectivity index (χ4n) is 5.75. The van der Waals surface area contributed by atoms with E-state index in [0.29, 0.717) is 47.4 Å². The number of benzene rings is 2. The molecule has 1 saturated heterocycles. The van der Waals surface area contributed by atoms with Crippen LogP contribution in [-0.4, -0.2) is 64.2 Å². The molecule has 2 aromatic carbocycles. The molecule has 10 heteroatoms. The summed E-state index contributed by atoms with van der Waals surface area (Å²) >= 11 is 6.50. The number of carbonyl (C=O) groups excluding carboxylic acids is 2. The van der Waals surface area contributed by atoms with Crippen molar-refractivity contribution in [3.05, 3.63) is 76.4 Å². The van der Waals surface area contributed by atoms with E-state index >= 15 is 0 Å². The van der Waals surface area contributed by atoms with E-state index in [1.165, 1.54) is 0 Å². The summed E-state index contributed by atoms with van der Waals surface area (Å²) in [6.07, 6.45) is 5.37. The highest BCUT2D eigenvalue weighted by molar-refractivity contribution is 6.33. The SMILES string of the molecule is O=C(CN1C(=O)c2cc(-c3nc(NC4CCOCC4)ncc3Cl)ccc2C1CCO)NC1(c2ccccc2)CC1. The molecule has 208 valence electrons. The fraction of sp³-hybridized carbons (Fsp3) is 0.400. The van der Waals surface area contributed by atoms with Crippen molar-refractivity contribution in [1.29, 1.82) is 0 Å². The van der Waals surface area contributed by atoms with E-state index in [9.17, 15) is 14.7 Å². The number of amides is 2. The Labute approximate surface area is 237 Å². The molecule has 40 heavy (non-hydrogen) atoms. The van der Waals surface area contributed by atoms with Crippen molar-refractivity contribution in [1.82, 2.24) is 20.2 Å². The predicted octanol–water partition coefficient (Wildman–Crippen LogP) is 4.07. The van der Waals surface area contributed by atoms with Gasteiger partial charge >= 0.3 is 0 Å². The number of aromatic nitrogens is 2. The van der Waals surface area contributed by atoms with Crippen molar-refractivity contribution >= 4 is 29.4 Å². The monoisotopic (exact) mass is 561 g/mol. The summed E-state index contributed by atoms with van der Waals surface area (Å²) < 4.78 is 5.43. The van der Waals surface area contributed by atoms with Crippen LogP contribution in [0.5, 0.6) is 0 Å². The Morgan fingerprint density at radius 3 is 2.65 bits per heavy atom. The molecule has 3 aromatic rings. The third-order valence-corrected chi connectivity index (χ3v) is 8.30. The standard InChI is InChI=1S/C30H32ClN5O4/c31-24-17-32-29(33-21-9-14-40-15-10-21)34-27(24)19-6-7-22-23(16-19)28(39)36(25(22)8-13-37)18-26(38)35-30(11-12-30)20-4-2-1-3-5-20/h1-7,16-17,21,25,37H,8-15,18H2,(H,35,38)(H,32,33,34). The Hall–Kier alpha value is -3.53. The van der Waals surface area contributed by atoms with Crippen LogP contribution in [0.15, 0.2) is 54.7 Å². The lowest BCUT2D eigenvalue weighted by Gasteiger charge is -2.26. The highest BCUT2D eigenvalue weighted by Gasteiger charge is 2.46. The smallest absolute Gasteiger partial charge is 0.255 e. The Balaban J connectivity index is 1.22. The van der Waals surface area contributed by atoms with Crippen LogP contribution < -0.4 is 10.6 Å². The first-order valence-electron chi connectivity index (χ1n) is 13.8. The minimum atomic E-state index is -0.397. The number of fused-ring (bicyclic) bond motifs is 1. The van der Waals surface area contributed by atoms with E-state index in [2.05, 4.69) is 20.6 Å². The summed E-state index contributed by atoms with van der Waals surface area (Å²) in [5.41, 5.74) is 3.18. The molecule has 1 aliphatic carbocycles. The fourth-order valence-corrected chi connectivity index (χ4v) is 5.95. The number of ether oxygens (including phenoxy) is 1. The second-order valence-electron chi connectivity index (χ2n) is 10.7. The molecule has 1 saturated carbocycles. The molecule has 2 fully saturated rings. The molecule has 1 atom stereocenters. The van der Waals surface area contributed by atoms with Crippen LogP contribution in [0.4, 0.5) is 5.95 Å². The number of anilines is 1. The van der Waals surface area contributed by atoms with Gasteiger partial charge in [0.25, 0.3) is 5.91 Å². The second kappa shape index (κ2) is 11.2. The number of hydrogen-bond acceptors (Lipinski definition) is 7. The maximum atomic E-state index is 13.6. The molecule has 3 N–H and O–H groups in total. The topological polar surface area (TPSA) is 117 Å². The van der Waals surface area contributed by atoms with Crippen molar-refractivity contribution in [2.75, 3.05) is 31.7 Å². The Morgan fingerprint density at radius 2 is 1.93 bits per heavy atom. The Bertz CT molecular complexity index is 1410. The summed E-state index contributed by atoms with van der Waals surface area (Å²) in [6.45, 7) is 1.20. The molecule has 1 unspecified atom stereocenters. The number of aliphatic hydroxyl groups is 1. The first kappa shape index (κ1) is 26.7. The molecule has 3 aliphatic rings.